The molecule has 5 N–H and O–H groups in total. The van der Waals surface area contributed by atoms with Crippen LogP contribution in [0.5, 0.6) is 0 Å². The molecule has 0 unspecified atom stereocenters. The van der Waals surface area contributed by atoms with Gasteiger partial charge in [0.1, 0.15) is 10.6 Å². The zero-order valence-electron chi connectivity index (χ0n) is 11.3. The van der Waals surface area contributed by atoms with E-state index >= 15 is 0 Å². The van der Waals surface area contributed by atoms with E-state index in [0.29, 0.717) is 0 Å². The first-order valence-electron chi connectivity index (χ1n) is 5.93. The van der Waals surface area contributed by atoms with Gasteiger partial charge in [-0.05, 0) is 12.5 Å². The topological polar surface area (TPSA) is 135 Å². The maximum Gasteiger partial charge on any atom is 0.265 e. The lowest BCUT2D eigenvalue weighted by Gasteiger charge is -2.28. The number of rotatable bonds is 7. The first-order chi connectivity index (χ1) is 9.21. The molecule has 0 atom stereocenters. The number of primary amides is 1. The summed E-state index contributed by atoms with van der Waals surface area (Å²) in [4.78, 5) is 11.0. The van der Waals surface area contributed by atoms with Crippen molar-refractivity contribution in [2.24, 2.45) is 12.8 Å². The average molecular weight is 305 g/mol. The van der Waals surface area contributed by atoms with Gasteiger partial charge in [0.2, 0.25) is 10.0 Å². The van der Waals surface area contributed by atoms with Crippen molar-refractivity contribution in [3.63, 3.8) is 0 Å². The van der Waals surface area contributed by atoms with Crippen molar-refractivity contribution < 1.29 is 23.4 Å². The maximum atomic E-state index is 12.2. The molecule has 1 rings (SSSR count). The highest BCUT2D eigenvalue weighted by molar-refractivity contribution is 7.89. The Hall–Kier alpha value is -1.42. The first kappa shape index (κ1) is 16.6. The zero-order valence-corrected chi connectivity index (χ0v) is 12.1. The van der Waals surface area contributed by atoms with E-state index in [1.165, 1.54) is 17.8 Å². The number of hydrogen-bond acceptors (Lipinski definition) is 5. The number of carbonyl (C=O) groups is 1. The molecule has 20 heavy (non-hydrogen) atoms. The van der Waals surface area contributed by atoms with Gasteiger partial charge >= 0.3 is 0 Å². The second-order valence-electron chi connectivity index (χ2n) is 4.59. The second-order valence-corrected chi connectivity index (χ2v) is 6.27. The molecular formula is C11H19N3O5S. The highest BCUT2D eigenvalue weighted by Crippen LogP contribution is 2.18. The summed E-state index contributed by atoms with van der Waals surface area (Å²) in [7, 11) is -2.50. The minimum Gasteiger partial charge on any atom is -0.394 e. The maximum absolute atomic E-state index is 12.2. The lowest BCUT2D eigenvalue weighted by Crippen LogP contribution is -2.53. The molecule has 1 aromatic heterocycles. The summed E-state index contributed by atoms with van der Waals surface area (Å²) in [5.41, 5.74) is 3.82. The van der Waals surface area contributed by atoms with Crippen LogP contribution in [0, 0.1) is 0 Å². The van der Waals surface area contributed by atoms with E-state index in [2.05, 4.69) is 4.72 Å². The van der Waals surface area contributed by atoms with Gasteiger partial charge in [0.05, 0.1) is 18.8 Å². The summed E-state index contributed by atoms with van der Waals surface area (Å²) in [5, 5.41) is 18.5. The molecule has 0 aliphatic heterocycles. The minimum absolute atomic E-state index is 0.0421. The first-order valence-corrected chi connectivity index (χ1v) is 7.41. The normalized spacial score (nSPS) is 12.6. The van der Waals surface area contributed by atoms with Gasteiger partial charge in [-0.2, -0.15) is 0 Å². The van der Waals surface area contributed by atoms with Crippen LogP contribution in [-0.4, -0.2) is 47.9 Å². The molecule has 8 nitrogen and oxygen atoms in total. The van der Waals surface area contributed by atoms with E-state index in [1.54, 1.807) is 6.92 Å². The third-order valence-corrected chi connectivity index (χ3v) is 4.72. The Bertz CT molecular complexity index is 581. The molecule has 1 amide bonds. The molecule has 9 heteroatoms. The number of aromatic nitrogens is 1. The van der Waals surface area contributed by atoms with Gasteiger partial charge in [0.15, 0.2) is 0 Å². The molecule has 0 bridgehead atoms. The third kappa shape index (κ3) is 3.18. The largest absolute Gasteiger partial charge is 0.394 e. The summed E-state index contributed by atoms with van der Waals surface area (Å²) in [6, 6.07) is 1.14. The van der Waals surface area contributed by atoms with Crippen molar-refractivity contribution in [3.05, 3.63) is 18.0 Å². The van der Waals surface area contributed by atoms with Crippen LogP contribution < -0.4 is 10.5 Å². The summed E-state index contributed by atoms with van der Waals surface area (Å²) >= 11 is 0. The fourth-order valence-electron chi connectivity index (χ4n) is 1.68. The van der Waals surface area contributed by atoms with Crippen LogP contribution in [0.2, 0.25) is 0 Å². The third-order valence-electron chi connectivity index (χ3n) is 3.18. The fraction of sp³-hybridized carbons (Fsp3) is 0.545. The Morgan fingerprint density at radius 1 is 1.45 bits per heavy atom. The smallest absolute Gasteiger partial charge is 0.265 e. The van der Waals surface area contributed by atoms with E-state index < -0.39 is 34.7 Å². The molecule has 0 aromatic carbocycles. The minimum atomic E-state index is -3.99. The number of nitrogens with one attached hydrogen (secondary N) is 1. The van der Waals surface area contributed by atoms with E-state index in [9.17, 15) is 23.4 Å². The number of sulfonamides is 1. The standard InChI is InChI=1S/C11H19N3O5S/c1-3-11(6-15,7-16)13-20(18,19)8-4-9(10(12)17)14(2)5-8/h4-5,13,15-16H,3,6-7H2,1-2H3,(H2,12,17). The van der Waals surface area contributed by atoms with Gasteiger partial charge in [-0.15, -0.1) is 0 Å². The molecule has 0 saturated heterocycles. The quantitative estimate of drug-likeness (QED) is 0.488. The van der Waals surface area contributed by atoms with Gasteiger partial charge in [0, 0.05) is 13.2 Å². The van der Waals surface area contributed by atoms with Gasteiger partial charge in [-0.3, -0.25) is 4.79 Å². The molecule has 0 aliphatic carbocycles. The Morgan fingerprint density at radius 3 is 2.35 bits per heavy atom. The predicted molar refractivity (Wildman–Crippen MR) is 71.4 cm³/mol. The van der Waals surface area contributed by atoms with E-state index in [-0.39, 0.29) is 17.0 Å². The Kier molecular flexibility index (Phi) is 4.92. The van der Waals surface area contributed by atoms with E-state index in [0.717, 1.165) is 6.07 Å². The molecular weight excluding hydrogens is 286 g/mol. The molecule has 0 fully saturated rings. The molecule has 0 aliphatic rings. The van der Waals surface area contributed by atoms with Crippen LogP contribution in [-0.2, 0) is 17.1 Å². The molecule has 0 spiro atoms. The summed E-state index contributed by atoms with van der Waals surface area (Å²) < 4.78 is 28.0. The van der Waals surface area contributed by atoms with Gasteiger partial charge in [-0.1, -0.05) is 6.92 Å². The number of carbonyl (C=O) groups excluding carboxylic acids is 1. The average Bonchev–Trinajstić information content (AvgIpc) is 2.79. The Morgan fingerprint density at radius 2 is 2.00 bits per heavy atom. The van der Waals surface area contributed by atoms with Crippen molar-refractivity contribution in [3.8, 4) is 0 Å². The number of aliphatic hydroxyl groups is 2. The Labute approximate surface area is 117 Å². The van der Waals surface area contributed by atoms with Crippen LogP contribution in [0.15, 0.2) is 17.2 Å². The summed E-state index contributed by atoms with van der Waals surface area (Å²) in [6.45, 7) is 0.540. The van der Waals surface area contributed by atoms with E-state index in [1.807, 2.05) is 0 Å². The molecule has 0 saturated carbocycles. The van der Waals surface area contributed by atoms with Gasteiger partial charge in [0.25, 0.3) is 5.91 Å². The van der Waals surface area contributed by atoms with Gasteiger partial charge < -0.3 is 20.5 Å². The fourth-order valence-corrected chi connectivity index (χ4v) is 3.21. The van der Waals surface area contributed by atoms with Crippen LogP contribution in [0.1, 0.15) is 23.8 Å². The molecule has 0 radical (unpaired) electrons. The number of aryl methyl sites for hydroxylation is 1. The van der Waals surface area contributed by atoms with Crippen LogP contribution >= 0.6 is 0 Å². The van der Waals surface area contributed by atoms with Gasteiger partial charge in [-0.25, -0.2) is 13.1 Å². The van der Waals surface area contributed by atoms with Crippen molar-refractivity contribution in [1.29, 1.82) is 0 Å². The zero-order chi connectivity index (χ0) is 15.6. The number of nitrogens with two attached hydrogens (primary N) is 1. The number of amides is 1. The van der Waals surface area contributed by atoms with Crippen LogP contribution in [0.4, 0.5) is 0 Å². The van der Waals surface area contributed by atoms with Crippen LogP contribution in [0.25, 0.3) is 0 Å². The monoisotopic (exact) mass is 305 g/mol. The van der Waals surface area contributed by atoms with Crippen molar-refractivity contribution in [1.82, 2.24) is 9.29 Å². The summed E-state index contributed by atoms with van der Waals surface area (Å²) in [6.07, 6.45) is 1.44. The van der Waals surface area contributed by atoms with Crippen molar-refractivity contribution in [2.45, 2.75) is 23.8 Å². The Balaban J connectivity index is 3.17. The number of aliphatic hydroxyl groups excluding tert-OH is 2. The number of nitrogens with zero attached hydrogens (tertiary/aromatic N) is 1. The second kappa shape index (κ2) is 5.92. The highest BCUT2D eigenvalue weighted by atomic mass is 32.2. The van der Waals surface area contributed by atoms with Crippen molar-refractivity contribution >= 4 is 15.9 Å². The van der Waals surface area contributed by atoms with E-state index in [4.69, 9.17) is 5.73 Å². The predicted octanol–water partition coefficient (Wildman–Crippen LogP) is -1.46. The number of hydrogen-bond donors (Lipinski definition) is 4. The molecule has 1 heterocycles. The highest BCUT2D eigenvalue weighted by Gasteiger charge is 2.33. The lowest BCUT2D eigenvalue weighted by atomic mass is 10.0. The van der Waals surface area contributed by atoms with Crippen molar-refractivity contribution in [2.75, 3.05) is 13.2 Å². The molecule has 1 aromatic rings. The summed E-state index contributed by atoms with van der Waals surface area (Å²) in [5.74, 6) is -0.750. The SMILES string of the molecule is CCC(CO)(CO)NS(=O)(=O)c1cc(C(N)=O)n(C)c1. The lowest BCUT2D eigenvalue weighted by molar-refractivity contribution is 0.0992. The van der Waals surface area contributed by atoms with Crippen LogP contribution in [0.3, 0.4) is 0 Å². The molecule has 114 valence electrons.